The molecular weight excluding hydrogens is 403 g/mol. The number of guanidine groups is 1. The van der Waals surface area contributed by atoms with Gasteiger partial charge in [-0.15, -0.1) is 24.0 Å². The van der Waals surface area contributed by atoms with E-state index in [-0.39, 0.29) is 24.0 Å². The van der Waals surface area contributed by atoms with Gasteiger partial charge in [-0.3, -0.25) is 4.99 Å². The summed E-state index contributed by atoms with van der Waals surface area (Å²) in [7, 11) is 7.79. The second kappa shape index (κ2) is 9.97. The summed E-state index contributed by atoms with van der Waals surface area (Å²) in [6.45, 7) is 1.66. The molecule has 23 heavy (non-hydrogen) atoms. The molecule has 6 heteroatoms. The molecule has 1 fully saturated rings. The lowest BCUT2D eigenvalue weighted by molar-refractivity contribution is 0.264. The molecule has 0 amide bonds. The summed E-state index contributed by atoms with van der Waals surface area (Å²) in [5.74, 6) is 2.55. The first-order valence-electron chi connectivity index (χ1n) is 7.88. The lowest BCUT2D eigenvalue weighted by Gasteiger charge is -2.25. The molecule has 0 radical (unpaired) electrons. The molecule has 1 aromatic carbocycles. The monoisotopic (exact) mass is 432 g/mol. The largest absolute Gasteiger partial charge is 0.497 e. The number of hydrogen-bond acceptors (Lipinski definition) is 3. The van der Waals surface area contributed by atoms with E-state index in [2.05, 4.69) is 40.7 Å². The van der Waals surface area contributed by atoms with Crippen LogP contribution in [0.25, 0.3) is 0 Å². The fraction of sp³-hybridized carbons (Fsp3) is 0.588. The van der Waals surface area contributed by atoms with Crippen molar-refractivity contribution in [3.05, 3.63) is 29.8 Å². The molecule has 1 aliphatic rings. The minimum atomic E-state index is 0. The molecule has 2 rings (SSSR count). The summed E-state index contributed by atoms with van der Waals surface area (Å²) in [6, 6.07) is 8.65. The molecule has 130 valence electrons. The number of nitrogens with zero attached hydrogens (tertiary/aromatic N) is 2. The van der Waals surface area contributed by atoms with Gasteiger partial charge in [0, 0.05) is 26.2 Å². The van der Waals surface area contributed by atoms with Crippen molar-refractivity contribution in [3.63, 3.8) is 0 Å². The third kappa shape index (κ3) is 6.55. The van der Waals surface area contributed by atoms with Gasteiger partial charge in [-0.2, -0.15) is 0 Å². The average Bonchev–Trinajstić information content (AvgIpc) is 3.35. The molecule has 1 aliphatic carbocycles. The number of nitrogens with one attached hydrogen (secondary N) is 2. The van der Waals surface area contributed by atoms with E-state index in [1.54, 1.807) is 7.11 Å². The molecule has 1 atom stereocenters. The van der Waals surface area contributed by atoms with Gasteiger partial charge in [-0.05, 0) is 50.6 Å². The Labute approximate surface area is 156 Å². The summed E-state index contributed by atoms with van der Waals surface area (Å²) in [5, 5.41) is 6.79. The van der Waals surface area contributed by atoms with Crippen LogP contribution in [0.5, 0.6) is 5.75 Å². The summed E-state index contributed by atoms with van der Waals surface area (Å²) >= 11 is 0. The van der Waals surface area contributed by atoms with E-state index in [9.17, 15) is 0 Å². The Morgan fingerprint density at radius 1 is 1.35 bits per heavy atom. The van der Waals surface area contributed by atoms with Crippen molar-refractivity contribution in [2.75, 3.05) is 34.8 Å². The van der Waals surface area contributed by atoms with E-state index in [4.69, 9.17) is 4.74 Å². The maximum Gasteiger partial charge on any atom is 0.191 e. The molecule has 0 saturated heterocycles. The summed E-state index contributed by atoms with van der Waals surface area (Å²) in [6.07, 6.45) is 2.70. The highest BCUT2D eigenvalue weighted by atomic mass is 127. The molecular formula is C17H29IN4O. The number of hydrogen-bond donors (Lipinski definition) is 2. The van der Waals surface area contributed by atoms with E-state index in [0.29, 0.717) is 6.04 Å². The van der Waals surface area contributed by atoms with Crippen molar-refractivity contribution in [1.29, 1.82) is 0 Å². The van der Waals surface area contributed by atoms with Crippen molar-refractivity contribution < 1.29 is 4.74 Å². The Kier molecular flexibility index (Phi) is 8.68. The number of methoxy groups -OCH3 is 1. The molecule has 0 aromatic heterocycles. The Hall–Kier alpha value is -1.02. The Morgan fingerprint density at radius 3 is 2.65 bits per heavy atom. The fourth-order valence-corrected chi connectivity index (χ4v) is 2.64. The smallest absolute Gasteiger partial charge is 0.191 e. The predicted molar refractivity (Wildman–Crippen MR) is 107 cm³/mol. The van der Waals surface area contributed by atoms with Crippen LogP contribution >= 0.6 is 24.0 Å². The molecule has 0 spiro atoms. The highest BCUT2D eigenvalue weighted by Crippen LogP contribution is 2.34. The average molecular weight is 432 g/mol. The molecule has 1 aromatic rings. The van der Waals surface area contributed by atoms with Crippen molar-refractivity contribution in [2.24, 2.45) is 10.9 Å². The van der Waals surface area contributed by atoms with Crippen LogP contribution in [0.1, 0.15) is 18.4 Å². The van der Waals surface area contributed by atoms with E-state index >= 15 is 0 Å². The Bertz CT molecular complexity index is 501. The molecule has 2 N–H and O–H groups in total. The first-order chi connectivity index (χ1) is 10.6. The summed E-state index contributed by atoms with van der Waals surface area (Å²) in [4.78, 5) is 6.61. The molecule has 0 heterocycles. The summed E-state index contributed by atoms with van der Waals surface area (Å²) < 4.78 is 5.25. The van der Waals surface area contributed by atoms with Crippen LogP contribution in [0.15, 0.2) is 29.3 Å². The maximum absolute atomic E-state index is 5.25. The van der Waals surface area contributed by atoms with Crippen molar-refractivity contribution in [2.45, 2.75) is 25.4 Å². The van der Waals surface area contributed by atoms with Gasteiger partial charge in [-0.25, -0.2) is 0 Å². The number of rotatable bonds is 7. The van der Waals surface area contributed by atoms with Gasteiger partial charge < -0.3 is 20.3 Å². The highest BCUT2D eigenvalue weighted by Gasteiger charge is 2.32. The van der Waals surface area contributed by atoms with Crippen molar-refractivity contribution in [1.82, 2.24) is 15.5 Å². The van der Waals surface area contributed by atoms with E-state index < -0.39 is 0 Å². The first kappa shape index (κ1) is 20.0. The number of likely N-dealkylation sites (N-methyl/N-ethyl adjacent to an activating group) is 1. The van der Waals surface area contributed by atoms with Crippen LogP contribution in [0.4, 0.5) is 0 Å². The Morgan fingerprint density at radius 2 is 2.09 bits per heavy atom. The van der Waals surface area contributed by atoms with Crippen molar-refractivity contribution >= 4 is 29.9 Å². The molecule has 1 saturated carbocycles. The van der Waals surface area contributed by atoms with Gasteiger partial charge in [0.2, 0.25) is 0 Å². The fourth-order valence-electron chi connectivity index (χ4n) is 2.64. The van der Waals surface area contributed by atoms with E-state index in [1.807, 2.05) is 25.2 Å². The van der Waals surface area contributed by atoms with Gasteiger partial charge in [-0.1, -0.05) is 12.1 Å². The maximum atomic E-state index is 5.25. The minimum Gasteiger partial charge on any atom is -0.497 e. The first-order valence-corrected chi connectivity index (χ1v) is 7.88. The second-order valence-corrected chi connectivity index (χ2v) is 6.03. The third-order valence-electron chi connectivity index (χ3n) is 4.13. The molecule has 5 nitrogen and oxygen atoms in total. The van der Waals surface area contributed by atoms with Gasteiger partial charge in [0.15, 0.2) is 5.96 Å². The zero-order chi connectivity index (χ0) is 15.9. The van der Waals surface area contributed by atoms with Crippen LogP contribution in [0.3, 0.4) is 0 Å². The Balaban J connectivity index is 0.00000264. The van der Waals surface area contributed by atoms with Gasteiger partial charge in [0.05, 0.1) is 7.11 Å². The SMILES string of the molecule is CN=C(NCc1cccc(OC)c1)NCC(C1CC1)N(C)C.I. The standard InChI is InChI=1S/C17H28N4O.HI/c1-18-17(20-12-16(21(2)3)14-8-9-14)19-11-13-6-5-7-15(10-13)22-4;/h5-7,10,14,16H,8-9,11-12H2,1-4H3,(H2,18,19,20);1H. The van der Waals surface area contributed by atoms with Gasteiger partial charge in [0.25, 0.3) is 0 Å². The van der Waals surface area contributed by atoms with Gasteiger partial charge in [0.1, 0.15) is 5.75 Å². The number of halogens is 1. The number of benzene rings is 1. The molecule has 0 aliphatic heterocycles. The second-order valence-electron chi connectivity index (χ2n) is 6.03. The number of aliphatic imine (C=N–C) groups is 1. The highest BCUT2D eigenvalue weighted by molar-refractivity contribution is 14.0. The van der Waals surface area contributed by atoms with Gasteiger partial charge >= 0.3 is 0 Å². The minimum absolute atomic E-state index is 0. The zero-order valence-corrected chi connectivity index (χ0v) is 16.8. The lowest BCUT2D eigenvalue weighted by Crippen LogP contribution is -2.45. The number of ether oxygens (including phenoxy) is 1. The predicted octanol–water partition coefficient (Wildman–Crippen LogP) is 2.32. The van der Waals surface area contributed by atoms with Crippen LogP contribution in [-0.4, -0.2) is 51.7 Å². The lowest BCUT2D eigenvalue weighted by atomic mass is 10.1. The van der Waals surface area contributed by atoms with E-state index in [0.717, 1.165) is 30.7 Å². The quantitative estimate of drug-likeness (QED) is 0.395. The summed E-state index contributed by atoms with van der Waals surface area (Å²) in [5.41, 5.74) is 1.17. The zero-order valence-electron chi connectivity index (χ0n) is 14.5. The normalized spacial score (nSPS) is 15.8. The van der Waals surface area contributed by atoms with Crippen LogP contribution in [0, 0.1) is 5.92 Å². The van der Waals surface area contributed by atoms with Crippen LogP contribution in [0.2, 0.25) is 0 Å². The molecule has 0 bridgehead atoms. The third-order valence-corrected chi connectivity index (χ3v) is 4.13. The topological polar surface area (TPSA) is 48.9 Å². The van der Waals surface area contributed by atoms with Crippen LogP contribution < -0.4 is 15.4 Å². The van der Waals surface area contributed by atoms with Crippen molar-refractivity contribution in [3.8, 4) is 5.75 Å². The van der Waals surface area contributed by atoms with Crippen LogP contribution in [-0.2, 0) is 6.54 Å². The van der Waals surface area contributed by atoms with E-state index in [1.165, 1.54) is 18.4 Å². The molecule has 1 unspecified atom stereocenters.